The maximum Gasteiger partial charge on any atom is 0.235 e. The van der Waals surface area contributed by atoms with Crippen LogP contribution in [0.25, 0.3) is 66.1 Å². The molecular weight excluding hydrogens is 589 g/mol. The zero-order chi connectivity index (χ0) is 31.1. The third kappa shape index (κ3) is 3.83. The van der Waals surface area contributed by atoms with Crippen molar-refractivity contribution < 1.29 is 4.57 Å². The van der Waals surface area contributed by atoms with Gasteiger partial charge in [-0.3, -0.25) is 9.24 Å². The SMILES string of the molecule is O=P12c3ccccc3-c3cc(-c4ccc5ccccc5c4)ccc3N1c1ccc(-c3ccc4ccccc4c3)cc1-c1ccccc12. The van der Waals surface area contributed by atoms with Crippen molar-refractivity contribution in [3.63, 3.8) is 0 Å². The Labute approximate surface area is 273 Å². The van der Waals surface area contributed by atoms with Gasteiger partial charge in [0, 0.05) is 21.7 Å². The second-order valence-electron chi connectivity index (χ2n) is 12.5. The highest BCUT2D eigenvalue weighted by Crippen LogP contribution is 2.66. The Hall–Kier alpha value is -5.69. The normalized spacial score (nSPS) is 13.7. The van der Waals surface area contributed by atoms with Crippen LogP contribution in [0.15, 0.2) is 170 Å². The van der Waals surface area contributed by atoms with Crippen molar-refractivity contribution in [1.82, 2.24) is 0 Å². The van der Waals surface area contributed by atoms with Gasteiger partial charge in [-0.15, -0.1) is 0 Å². The van der Waals surface area contributed by atoms with Crippen LogP contribution in [0.3, 0.4) is 0 Å². The highest BCUT2D eigenvalue weighted by atomic mass is 31.2. The van der Waals surface area contributed by atoms with Gasteiger partial charge in [-0.25, -0.2) is 0 Å². The fourth-order valence-corrected chi connectivity index (χ4v) is 10.9. The summed E-state index contributed by atoms with van der Waals surface area (Å²) in [7, 11) is -3.27. The van der Waals surface area contributed by atoms with Crippen molar-refractivity contribution in [2.24, 2.45) is 0 Å². The number of rotatable bonds is 2. The molecule has 8 aromatic rings. The summed E-state index contributed by atoms with van der Waals surface area (Å²) in [5.74, 6) is 0. The van der Waals surface area contributed by atoms with Crippen LogP contribution in [0.1, 0.15) is 0 Å². The summed E-state index contributed by atoms with van der Waals surface area (Å²) in [6.45, 7) is 0. The molecule has 0 amide bonds. The lowest BCUT2D eigenvalue weighted by atomic mass is 9.93. The van der Waals surface area contributed by atoms with Crippen LogP contribution in [0.4, 0.5) is 11.4 Å². The minimum atomic E-state index is -3.27. The molecule has 2 aliphatic rings. The van der Waals surface area contributed by atoms with E-state index < -0.39 is 7.29 Å². The number of nitrogens with zero attached hydrogens (tertiary/aromatic N) is 1. The Morgan fingerprint density at radius 3 is 1.21 bits per heavy atom. The van der Waals surface area contributed by atoms with Gasteiger partial charge in [0.25, 0.3) is 0 Å². The Balaban J connectivity index is 1.20. The fraction of sp³-hybridized carbons (Fsp3) is 0. The Bertz CT molecular complexity index is 2460. The fourth-order valence-electron chi connectivity index (χ4n) is 7.68. The van der Waals surface area contributed by atoms with Gasteiger partial charge in [0.2, 0.25) is 7.29 Å². The van der Waals surface area contributed by atoms with Crippen molar-refractivity contribution in [1.29, 1.82) is 0 Å². The zero-order valence-corrected chi connectivity index (χ0v) is 26.4. The summed E-state index contributed by atoms with van der Waals surface area (Å²) in [5.41, 5.74) is 10.9. The van der Waals surface area contributed by atoms with E-state index in [0.29, 0.717) is 0 Å². The third-order valence-corrected chi connectivity index (χ3v) is 13.0. The predicted molar refractivity (Wildman–Crippen MR) is 199 cm³/mol. The maximum absolute atomic E-state index is 15.9. The molecule has 2 heterocycles. The first-order chi connectivity index (χ1) is 23.2. The molecule has 0 saturated heterocycles. The number of anilines is 2. The summed E-state index contributed by atoms with van der Waals surface area (Å²) in [5, 5.41) is 6.67. The lowest BCUT2D eigenvalue weighted by Gasteiger charge is -2.44. The van der Waals surface area contributed by atoms with E-state index >= 15 is 4.57 Å². The Morgan fingerprint density at radius 1 is 0.340 bits per heavy atom. The molecule has 0 unspecified atom stereocenters. The molecule has 3 heteroatoms. The van der Waals surface area contributed by atoms with Crippen LogP contribution < -0.4 is 15.3 Å². The molecule has 0 N–H and O–H groups in total. The van der Waals surface area contributed by atoms with Crippen molar-refractivity contribution in [2.75, 3.05) is 4.67 Å². The number of hydrogen-bond donors (Lipinski definition) is 0. The predicted octanol–water partition coefficient (Wildman–Crippen LogP) is 11.4. The molecule has 10 rings (SSSR count). The van der Waals surface area contributed by atoms with Crippen molar-refractivity contribution >= 4 is 50.8 Å². The van der Waals surface area contributed by atoms with Gasteiger partial charge in [0.1, 0.15) is 0 Å². The molecule has 0 aromatic heterocycles. The molecule has 47 heavy (non-hydrogen) atoms. The number of hydrogen-bond acceptors (Lipinski definition) is 1. The monoisotopic (exact) mass is 617 g/mol. The van der Waals surface area contributed by atoms with E-state index in [1.54, 1.807) is 0 Å². The molecule has 220 valence electrons. The van der Waals surface area contributed by atoms with E-state index in [4.69, 9.17) is 0 Å². The van der Waals surface area contributed by atoms with Gasteiger partial charge in [-0.2, -0.15) is 0 Å². The van der Waals surface area contributed by atoms with Crippen LogP contribution in [0.2, 0.25) is 0 Å². The minimum absolute atomic E-state index is 0.889. The Kier molecular flexibility index (Phi) is 5.59. The van der Waals surface area contributed by atoms with Gasteiger partial charge in [0.05, 0.1) is 11.4 Å². The van der Waals surface area contributed by atoms with E-state index in [1.807, 2.05) is 12.1 Å². The Morgan fingerprint density at radius 2 is 0.723 bits per heavy atom. The standard InChI is InChI=1S/C44H28NOP/c46-47-43-15-7-5-13-37(43)39-27-35(33-19-17-29-9-1-3-11-31(29)25-33)21-23-41(39)45(47)42-24-22-36(28-40(42)38-14-6-8-16-44(38)47)34-20-18-30-10-2-4-12-32(30)26-34/h1-28H. The first kappa shape index (κ1) is 26.5. The quantitative estimate of drug-likeness (QED) is 0.180. The first-order valence-corrected chi connectivity index (χ1v) is 17.7. The second kappa shape index (κ2) is 9.90. The van der Waals surface area contributed by atoms with E-state index in [2.05, 4.69) is 162 Å². The van der Waals surface area contributed by atoms with Gasteiger partial charge in [-0.05, 0) is 103 Å². The molecule has 0 radical (unpaired) electrons. The van der Waals surface area contributed by atoms with Crippen molar-refractivity contribution in [3.8, 4) is 44.5 Å². The van der Waals surface area contributed by atoms with E-state index in [0.717, 1.165) is 55.4 Å². The molecule has 0 spiro atoms. The molecular formula is C44H28NOP. The summed E-state index contributed by atoms with van der Waals surface area (Å²) >= 11 is 0. The van der Waals surface area contributed by atoms with Crippen LogP contribution in [0.5, 0.6) is 0 Å². The van der Waals surface area contributed by atoms with E-state index in [-0.39, 0.29) is 0 Å². The minimum Gasteiger partial charge on any atom is -0.289 e. The summed E-state index contributed by atoms with van der Waals surface area (Å²) < 4.78 is 18.1. The van der Waals surface area contributed by atoms with Gasteiger partial charge >= 0.3 is 0 Å². The summed E-state index contributed by atoms with van der Waals surface area (Å²) in [6.07, 6.45) is 0. The van der Waals surface area contributed by atoms with Crippen molar-refractivity contribution in [2.45, 2.75) is 0 Å². The van der Waals surface area contributed by atoms with Crippen LogP contribution in [-0.2, 0) is 4.57 Å². The highest BCUT2D eigenvalue weighted by Gasteiger charge is 2.47. The summed E-state index contributed by atoms with van der Waals surface area (Å²) in [4.78, 5) is 0. The largest absolute Gasteiger partial charge is 0.289 e. The molecule has 2 aliphatic heterocycles. The number of fused-ring (bicyclic) bond motifs is 13. The lowest BCUT2D eigenvalue weighted by molar-refractivity contribution is 0.586. The topological polar surface area (TPSA) is 20.3 Å². The highest BCUT2D eigenvalue weighted by molar-refractivity contribution is 7.81. The first-order valence-electron chi connectivity index (χ1n) is 16.0. The van der Waals surface area contributed by atoms with Crippen LogP contribution in [0, 0.1) is 0 Å². The second-order valence-corrected chi connectivity index (χ2v) is 15.0. The summed E-state index contributed by atoms with van der Waals surface area (Å²) in [6, 6.07) is 60.1. The molecule has 0 aliphatic carbocycles. The molecule has 0 fully saturated rings. The zero-order valence-electron chi connectivity index (χ0n) is 25.5. The number of benzene rings is 8. The molecule has 8 aromatic carbocycles. The molecule has 2 nitrogen and oxygen atoms in total. The van der Waals surface area contributed by atoms with Crippen LogP contribution in [-0.4, -0.2) is 0 Å². The van der Waals surface area contributed by atoms with Gasteiger partial charge in [-0.1, -0.05) is 121 Å². The average molecular weight is 618 g/mol. The third-order valence-electron chi connectivity index (χ3n) is 9.94. The van der Waals surface area contributed by atoms with E-state index in [1.165, 1.54) is 32.7 Å². The average Bonchev–Trinajstić information content (AvgIpc) is 3.14. The van der Waals surface area contributed by atoms with Crippen molar-refractivity contribution in [3.05, 3.63) is 170 Å². The maximum atomic E-state index is 15.9. The molecule has 0 saturated carbocycles. The molecule has 0 atom stereocenters. The lowest BCUT2D eigenvalue weighted by Crippen LogP contribution is -2.37. The van der Waals surface area contributed by atoms with Crippen LogP contribution >= 0.6 is 7.29 Å². The van der Waals surface area contributed by atoms with E-state index in [9.17, 15) is 0 Å². The van der Waals surface area contributed by atoms with Gasteiger partial charge in [0.15, 0.2) is 0 Å². The molecule has 0 bridgehead atoms. The van der Waals surface area contributed by atoms with Gasteiger partial charge < -0.3 is 0 Å². The smallest absolute Gasteiger partial charge is 0.235 e.